The van der Waals surface area contributed by atoms with Crippen LogP contribution in [0, 0.1) is 5.92 Å². The second-order valence-electron chi connectivity index (χ2n) is 5.35. The van der Waals surface area contributed by atoms with Crippen LogP contribution >= 0.6 is 0 Å². The van der Waals surface area contributed by atoms with E-state index < -0.39 is 0 Å². The van der Waals surface area contributed by atoms with Gasteiger partial charge >= 0.3 is 0 Å². The molecule has 0 fully saturated rings. The first-order chi connectivity index (χ1) is 8.51. The zero-order valence-electron chi connectivity index (χ0n) is 11.8. The van der Waals surface area contributed by atoms with Crippen LogP contribution in [0.15, 0.2) is 18.3 Å². The summed E-state index contributed by atoms with van der Waals surface area (Å²) in [5, 5.41) is 6.11. The van der Waals surface area contributed by atoms with Gasteiger partial charge in [-0.05, 0) is 25.6 Å². The Morgan fingerprint density at radius 1 is 1.50 bits per heavy atom. The fraction of sp³-hybridized carbons (Fsp3) is 0.643. The third-order valence-corrected chi connectivity index (χ3v) is 3.35. The molecule has 1 unspecified atom stereocenters. The molecular formula is C14H25N3O. The Morgan fingerprint density at radius 3 is 2.72 bits per heavy atom. The van der Waals surface area contributed by atoms with Gasteiger partial charge in [0.2, 0.25) is 5.91 Å². The predicted octanol–water partition coefficient (Wildman–Crippen LogP) is 1.65. The minimum atomic E-state index is -0.0723. The standard InChI is InChI=1S/C14H25N3O/c1-5-11(9-15-4)13(18)17-10-14(2,3)12-7-6-8-16-12/h6-8,11,15-16H,5,9-10H2,1-4H3,(H,17,18). The highest BCUT2D eigenvalue weighted by Gasteiger charge is 2.24. The van der Waals surface area contributed by atoms with Gasteiger partial charge in [0.25, 0.3) is 0 Å². The number of aromatic nitrogens is 1. The highest BCUT2D eigenvalue weighted by molar-refractivity contribution is 5.78. The Kier molecular flexibility index (Phi) is 5.41. The van der Waals surface area contributed by atoms with Crippen LogP contribution in [0.1, 0.15) is 32.9 Å². The molecule has 102 valence electrons. The van der Waals surface area contributed by atoms with Gasteiger partial charge in [-0.1, -0.05) is 20.8 Å². The van der Waals surface area contributed by atoms with Crippen LogP contribution < -0.4 is 10.6 Å². The van der Waals surface area contributed by atoms with Crippen molar-refractivity contribution in [3.63, 3.8) is 0 Å². The predicted molar refractivity (Wildman–Crippen MR) is 74.5 cm³/mol. The van der Waals surface area contributed by atoms with Crippen molar-refractivity contribution >= 4 is 5.91 Å². The van der Waals surface area contributed by atoms with E-state index in [-0.39, 0.29) is 17.2 Å². The van der Waals surface area contributed by atoms with Crippen molar-refractivity contribution in [2.75, 3.05) is 20.1 Å². The lowest BCUT2D eigenvalue weighted by molar-refractivity contribution is -0.125. The van der Waals surface area contributed by atoms with Gasteiger partial charge in [0.1, 0.15) is 0 Å². The molecule has 0 aliphatic heterocycles. The lowest BCUT2D eigenvalue weighted by Gasteiger charge is -2.25. The molecule has 4 heteroatoms. The quantitative estimate of drug-likeness (QED) is 0.690. The van der Waals surface area contributed by atoms with Gasteiger partial charge in [-0.3, -0.25) is 4.79 Å². The Morgan fingerprint density at radius 2 is 2.22 bits per heavy atom. The minimum absolute atomic E-state index is 0.0504. The molecule has 1 atom stereocenters. The topological polar surface area (TPSA) is 56.9 Å². The number of rotatable bonds is 7. The molecule has 0 saturated heterocycles. The van der Waals surface area contributed by atoms with Crippen molar-refractivity contribution in [1.29, 1.82) is 0 Å². The molecule has 0 aliphatic rings. The molecule has 0 spiro atoms. The van der Waals surface area contributed by atoms with Gasteiger partial charge in [-0.15, -0.1) is 0 Å². The summed E-state index contributed by atoms with van der Waals surface area (Å²) in [5.41, 5.74) is 1.07. The Bertz CT molecular complexity index is 357. The summed E-state index contributed by atoms with van der Waals surface area (Å²) < 4.78 is 0. The third kappa shape index (κ3) is 3.88. The van der Waals surface area contributed by atoms with E-state index in [1.54, 1.807) is 0 Å². The molecule has 1 amide bonds. The van der Waals surface area contributed by atoms with Crippen molar-refractivity contribution in [2.24, 2.45) is 5.92 Å². The first kappa shape index (κ1) is 14.8. The molecule has 0 saturated carbocycles. The molecule has 1 aromatic heterocycles. The summed E-state index contributed by atoms with van der Waals surface area (Å²) in [6.07, 6.45) is 2.77. The fourth-order valence-electron chi connectivity index (χ4n) is 1.97. The minimum Gasteiger partial charge on any atom is -0.364 e. The zero-order chi connectivity index (χ0) is 13.6. The Labute approximate surface area is 110 Å². The molecule has 0 aliphatic carbocycles. The van der Waals surface area contributed by atoms with Crippen molar-refractivity contribution < 1.29 is 4.79 Å². The smallest absolute Gasteiger partial charge is 0.224 e. The van der Waals surface area contributed by atoms with Crippen LogP contribution in [0.2, 0.25) is 0 Å². The van der Waals surface area contributed by atoms with Gasteiger partial charge in [0.15, 0.2) is 0 Å². The molecule has 1 aromatic rings. The van der Waals surface area contributed by atoms with E-state index in [4.69, 9.17) is 0 Å². The van der Waals surface area contributed by atoms with E-state index in [0.717, 1.165) is 18.7 Å². The normalized spacial score (nSPS) is 13.3. The average Bonchev–Trinajstić information content (AvgIpc) is 2.87. The first-order valence-corrected chi connectivity index (χ1v) is 6.57. The molecule has 1 rings (SSSR count). The van der Waals surface area contributed by atoms with Gasteiger partial charge in [0, 0.05) is 30.4 Å². The number of H-pyrrole nitrogens is 1. The maximum atomic E-state index is 12.0. The maximum absolute atomic E-state index is 12.0. The zero-order valence-corrected chi connectivity index (χ0v) is 11.8. The van der Waals surface area contributed by atoms with E-state index in [1.807, 2.05) is 26.2 Å². The Hall–Kier alpha value is -1.29. The summed E-state index contributed by atoms with van der Waals surface area (Å²) in [5.74, 6) is 0.181. The van der Waals surface area contributed by atoms with Crippen LogP contribution in [0.3, 0.4) is 0 Å². The second-order valence-corrected chi connectivity index (χ2v) is 5.35. The SMILES string of the molecule is CCC(CNC)C(=O)NCC(C)(C)c1ccc[nH]1. The molecule has 3 N–H and O–H groups in total. The lowest BCUT2D eigenvalue weighted by atomic mass is 9.89. The molecular weight excluding hydrogens is 226 g/mol. The van der Waals surface area contributed by atoms with E-state index in [0.29, 0.717) is 6.54 Å². The summed E-state index contributed by atoms with van der Waals surface area (Å²) in [6.45, 7) is 7.66. The number of carbonyl (C=O) groups excluding carboxylic acids is 1. The van der Waals surface area contributed by atoms with Gasteiger partial charge < -0.3 is 15.6 Å². The van der Waals surface area contributed by atoms with Crippen LogP contribution in [0.5, 0.6) is 0 Å². The van der Waals surface area contributed by atoms with Crippen molar-refractivity contribution in [1.82, 2.24) is 15.6 Å². The molecule has 0 bridgehead atoms. The summed E-state index contributed by atoms with van der Waals surface area (Å²) >= 11 is 0. The number of hydrogen-bond acceptors (Lipinski definition) is 2. The van der Waals surface area contributed by atoms with E-state index in [1.165, 1.54) is 0 Å². The number of amides is 1. The highest BCUT2D eigenvalue weighted by Crippen LogP contribution is 2.20. The molecule has 18 heavy (non-hydrogen) atoms. The van der Waals surface area contributed by atoms with Crippen LogP contribution in [-0.2, 0) is 10.2 Å². The van der Waals surface area contributed by atoms with E-state index in [9.17, 15) is 4.79 Å². The highest BCUT2D eigenvalue weighted by atomic mass is 16.1. The van der Waals surface area contributed by atoms with E-state index in [2.05, 4.69) is 35.5 Å². The Balaban J connectivity index is 2.51. The molecule has 4 nitrogen and oxygen atoms in total. The summed E-state index contributed by atoms with van der Waals surface area (Å²) in [6, 6.07) is 4.03. The average molecular weight is 251 g/mol. The lowest BCUT2D eigenvalue weighted by Crippen LogP contribution is -2.42. The number of nitrogens with one attached hydrogen (secondary N) is 3. The van der Waals surface area contributed by atoms with Crippen molar-refractivity contribution in [2.45, 2.75) is 32.6 Å². The summed E-state index contributed by atoms with van der Waals surface area (Å²) in [4.78, 5) is 15.2. The monoisotopic (exact) mass is 251 g/mol. The maximum Gasteiger partial charge on any atom is 0.224 e. The molecule has 1 heterocycles. The molecule has 0 radical (unpaired) electrons. The largest absolute Gasteiger partial charge is 0.364 e. The fourth-order valence-corrected chi connectivity index (χ4v) is 1.97. The van der Waals surface area contributed by atoms with Crippen LogP contribution in [0.4, 0.5) is 0 Å². The first-order valence-electron chi connectivity index (χ1n) is 6.57. The van der Waals surface area contributed by atoms with Crippen molar-refractivity contribution in [3.8, 4) is 0 Å². The number of hydrogen-bond donors (Lipinski definition) is 3. The van der Waals surface area contributed by atoms with Crippen LogP contribution in [0.25, 0.3) is 0 Å². The third-order valence-electron chi connectivity index (χ3n) is 3.35. The van der Waals surface area contributed by atoms with Gasteiger partial charge in [-0.25, -0.2) is 0 Å². The number of aromatic amines is 1. The number of carbonyl (C=O) groups is 1. The van der Waals surface area contributed by atoms with Gasteiger partial charge in [0.05, 0.1) is 5.92 Å². The second kappa shape index (κ2) is 6.59. The van der Waals surface area contributed by atoms with E-state index >= 15 is 0 Å². The molecule has 0 aromatic carbocycles. The van der Waals surface area contributed by atoms with Crippen molar-refractivity contribution in [3.05, 3.63) is 24.0 Å². The van der Waals surface area contributed by atoms with Crippen LogP contribution in [-0.4, -0.2) is 31.0 Å². The van der Waals surface area contributed by atoms with Gasteiger partial charge in [-0.2, -0.15) is 0 Å². The summed E-state index contributed by atoms with van der Waals surface area (Å²) in [7, 11) is 1.87.